The van der Waals surface area contributed by atoms with Crippen LogP contribution in [0.1, 0.15) is 38.1 Å². The van der Waals surface area contributed by atoms with Crippen molar-refractivity contribution < 1.29 is 9.59 Å². The largest absolute Gasteiger partial charge is 0.325 e. The lowest BCUT2D eigenvalue weighted by molar-refractivity contribution is -0.134. The topological polar surface area (TPSA) is 65.5 Å². The first-order chi connectivity index (χ1) is 13.9. The van der Waals surface area contributed by atoms with Gasteiger partial charge in [-0.05, 0) is 57.3 Å². The van der Waals surface area contributed by atoms with Crippen LogP contribution in [-0.2, 0) is 11.3 Å². The number of para-hydroxylation sites is 1. The summed E-state index contributed by atoms with van der Waals surface area (Å²) >= 11 is 1.75. The highest BCUT2D eigenvalue weighted by atomic mass is 32.1. The lowest BCUT2D eigenvalue weighted by atomic mass is 9.75. The Morgan fingerprint density at radius 3 is 2.69 bits per heavy atom. The average Bonchev–Trinajstić information content (AvgIpc) is 3.22. The molecule has 2 aromatic rings. The number of likely N-dealkylation sites (tertiary alicyclic amines) is 1. The fraction of sp³-hybridized carbons (Fsp3) is 0.500. The number of imide groups is 1. The molecule has 4 rings (SSSR count). The third-order valence-corrected chi connectivity index (χ3v) is 7.19. The summed E-state index contributed by atoms with van der Waals surface area (Å²) < 4.78 is 1.22. The second-order valence-electron chi connectivity index (χ2n) is 8.23. The van der Waals surface area contributed by atoms with Crippen LogP contribution in [0.15, 0.2) is 36.4 Å². The van der Waals surface area contributed by atoms with Gasteiger partial charge in [0.15, 0.2) is 0 Å². The number of amides is 3. The zero-order valence-electron chi connectivity index (χ0n) is 17.1. The molecule has 1 N–H and O–H groups in total. The van der Waals surface area contributed by atoms with Crippen LogP contribution < -0.4 is 5.32 Å². The van der Waals surface area contributed by atoms with E-state index < -0.39 is 5.54 Å². The van der Waals surface area contributed by atoms with Gasteiger partial charge in [-0.1, -0.05) is 31.2 Å². The number of nitrogens with zero attached hydrogens (tertiary/aromatic N) is 3. The number of aromatic nitrogens is 1. The quantitative estimate of drug-likeness (QED) is 0.579. The predicted molar refractivity (Wildman–Crippen MR) is 116 cm³/mol. The van der Waals surface area contributed by atoms with E-state index in [2.05, 4.69) is 28.9 Å². The molecule has 0 radical (unpaired) electrons. The molecule has 6 nitrogen and oxygen atoms in total. The molecule has 0 spiro atoms. The first kappa shape index (κ1) is 20.0. The summed E-state index contributed by atoms with van der Waals surface area (Å²) in [6.45, 7) is 10.6. The van der Waals surface area contributed by atoms with Crippen LogP contribution in [0.5, 0.6) is 0 Å². The van der Waals surface area contributed by atoms with Gasteiger partial charge in [0.2, 0.25) is 0 Å². The standard InChI is InChI=1S/C22H28N4O2S/c1-4-22(20(27)26(13-15(2)3)21(28)24-22)16-9-11-25(12-10-16)14-19-23-17-7-5-6-8-18(17)29-19/h5-8,16H,2,4,9-14H2,1,3H3,(H,24,28). The summed E-state index contributed by atoms with van der Waals surface area (Å²) in [5.41, 5.74) is 1.10. The van der Waals surface area contributed by atoms with E-state index in [4.69, 9.17) is 4.98 Å². The Bertz CT molecular complexity index is 914. The Morgan fingerprint density at radius 2 is 2.03 bits per heavy atom. The van der Waals surface area contributed by atoms with Gasteiger partial charge in [-0.3, -0.25) is 14.6 Å². The molecule has 0 aliphatic carbocycles. The molecule has 2 aliphatic heterocycles. The van der Waals surface area contributed by atoms with Crippen LogP contribution in [0, 0.1) is 5.92 Å². The summed E-state index contributed by atoms with van der Waals surface area (Å²) in [7, 11) is 0. The Hall–Kier alpha value is -2.25. The fourth-order valence-corrected chi connectivity index (χ4v) is 5.64. The number of thiazole rings is 1. The van der Waals surface area contributed by atoms with E-state index in [1.165, 1.54) is 9.60 Å². The van der Waals surface area contributed by atoms with Crippen molar-refractivity contribution in [3.8, 4) is 0 Å². The molecule has 0 bridgehead atoms. The summed E-state index contributed by atoms with van der Waals surface area (Å²) in [6, 6.07) is 7.95. The third-order valence-electron chi connectivity index (χ3n) is 6.17. The molecule has 2 fully saturated rings. The minimum absolute atomic E-state index is 0.0855. The number of rotatable bonds is 6. The van der Waals surface area contributed by atoms with Crippen molar-refractivity contribution in [3.05, 3.63) is 41.4 Å². The maximum atomic E-state index is 13.2. The normalized spacial score (nSPS) is 23.7. The molecule has 29 heavy (non-hydrogen) atoms. The molecule has 3 amide bonds. The number of piperidine rings is 1. The van der Waals surface area contributed by atoms with Crippen LogP contribution in [0.2, 0.25) is 0 Å². The van der Waals surface area contributed by atoms with Gasteiger partial charge in [-0.15, -0.1) is 11.3 Å². The maximum Gasteiger partial charge on any atom is 0.325 e. The van der Waals surface area contributed by atoms with E-state index in [1.807, 2.05) is 26.0 Å². The number of hydrogen-bond donors (Lipinski definition) is 1. The summed E-state index contributed by atoms with van der Waals surface area (Å²) in [5.74, 6) is 0.0725. The van der Waals surface area contributed by atoms with Crippen molar-refractivity contribution in [1.29, 1.82) is 0 Å². The molecule has 3 heterocycles. The van der Waals surface area contributed by atoms with E-state index >= 15 is 0 Å². The molecule has 1 atom stereocenters. The van der Waals surface area contributed by atoms with Crippen LogP contribution in [0.4, 0.5) is 4.79 Å². The van der Waals surface area contributed by atoms with Crippen molar-refractivity contribution in [2.24, 2.45) is 5.92 Å². The molecule has 154 valence electrons. The van der Waals surface area contributed by atoms with E-state index in [9.17, 15) is 9.59 Å². The molecule has 0 saturated carbocycles. The van der Waals surface area contributed by atoms with E-state index in [0.717, 1.165) is 48.6 Å². The van der Waals surface area contributed by atoms with Crippen molar-refractivity contribution in [2.75, 3.05) is 19.6 Å². The van der Waals surface area contributed by atoms with Gasteiger partial charge in [0.05, 0.1) is 23.3 Å². The summed E-state index contributed by atoms with van der Waals surface area (Å²) in [4.78, 5) is 34.1. The first-order valence-corrected chi connectivity index (χ1v) is 11.1. The highest BCUT2D eigenvalue weighted by Crippen LogP contribution is 2.37. The van der Waals surface area contributed by atoms with E-state index in [0.29, 0.717) is 13.0 Å². The van der Waals surface area contributed by atoms with Crippen LogP contribution in [-0.4, -0.2) is 51.9 Å². The van der Waals surface area contributed by atoms with Crippen LogP contribution in [0.25, 0.3) is 10.2 Å². The number of urea groups is 1. The zero-order chi connectivity index (χ0) is 20.6. The summed E-state index contributed by atoms with van der Waals surface area (Å²) in [6.07, 6.45) is 2.41. The molecular weight excluding hydrogens is 384 g/mol. The van der Waals surface area contributed by atoms with E-state index in [1.54, 1.807) is 11.3 Å². The first-order valence-electron chi connectivity index (χ1n) is 10.3. The predicted octanol–water partition coefficient (Wildman–Crippen LogP) is 3.79. The van der Waals surface area contributed by atoms with Gasteiger partial charge < -0.3 is 5.32 Å². The highest BCUT2D eigenvalue weighted by Gasteiger charge is 2.54. The monoisotopic (exact) mass is 412 g/mol. The van der Waals surface area contributed by atoms with Crippen molar-refractivity contribution in [2.45, 2.75) is 45.2 Å². The van der Waals surface area contributed by atoms with Crippen molar-refractivity contribution >= 4 is 33.5 Å². The molecule has 1 aromatic carbocycles. The second-order valence-corrected chi connectivity index (χ2v) is 9.34. The number of carbonyl (C=O) groups is 2. The average molecular weight is 413 g/mol. The number of fused-ring (bicyclic) bond motifs is 1. The molecule has 1 aromatic heterocycles. The smallest absolute Gasteiger partial charge is 0.323 e. The maximum absolute atomic E-state index is 13.2. The highest BCUT2D eigenvalue weighted by molar-refractivity contribution is 7.18. The Balaban J connectivity index is 1.42. The Labute approximate surface area is 175 Å². The van der Waals surface area contributed by atoms with Gasteiger partial charge >= 0.3 is 6.03 Å². The van der Waals surface area contributed by atoms with Crippen molar-refractivity contribution in [1.82, 2.24) is 20.1 Å². The minimum atomic E-state index is -0.769. The van der Waals surface area contributed by atoms with Crippen LogP contribution in [0.3, 0.4) is 0 Å². The second kappa shape index (κ2) is 7.88. The van der Waals surface area contributed by atoms with Gasteiger partial charge in [0.25, 0.3) is 5.91 Å². The number of carbonyl (C=O) groups excluding carboxylic acids is 2. The van der Waals surface area contributed by atoms with Crippen LogP contribution >= 0.6 is 11.3 Å². The lowest BCUT2D eigenvalue weighted by Crippen LogP contribution is -2.55. The lowest BCUT2D eigenvalue weighted by Gasteiger charge is -2.40. The molecular formula is C22H28N4O2S. The third kappa shape index (κ3) is 3.69. The molecule has 2 saturated heterocycles. The Morgan fingerprint density at radius 1 is 1.31 bits per heavy atom. The van der Waals surface area contributed by atoms with Crippen molar-refractivity contribution in [3.63, 3.8) is 0 Å². The van der Waals surface area contributed by atoms with Gasteiger partial charge in [0, 0.05) is 0 Å². The van der Waals surface area contributed by atoms with E-state index in [-0.39, 0.29) is 17.9 Å². The van der Waals surface area contributed by atoms with Gasteiger partial charge in [0.1, 0.15) is 10.5 Å². The SMILES string of the molecule is C=C(C)CN1C(=O)NC(CC)(C2CCN(Cc3nc4ccccc4s3)CC2)C1=O. The number of benzene rings is 1. The zero-order valence-corrected chi connectivity index (χ0v) is 17.9. The fourth-order valence-electron chi connectivity index (χ4n) is 4.63. The van der Waals surface area contributed by atoms with Gasteiger partial charge in [-0.25, -0.2) is 9.78 Å². The van der Waals surface area contributed by atoms with Gasteiger partial charge in [-0.2, -0.15) is 0 Å². The molecule has 7 heteroatoms. The number of hydrogen-bond acceptors (Lipinski definition) is 5. The Kier molecular flexibility index (Phi) is 5.44. The molecule has 2 aliphatic rings. The minimum Gasteiger partial charge on any atom is -0.323 e. The number of nitrogens with one attached hydrogen (secondary N) is 1. The summed E-state index contributed by atoms with van der Waals surface area (Å²) in [5, 5.41) is 4.17. The molecule has 1 unspecified atom stereocenters.